The number of aliphatic hydroxyl groups is 2. The van der Waals surface area contributed by atoms with E-state index in [9.17, 15) is 14.8 Å². The van der Waals surface area contributed by atoms with Gasteiger partial charge in [0.25, 0.3) is 6.48 Å². The van der Waals surface area contributed by atoms with Gasteiger partial charge in [-0.2, -0.15) is 0 Å². The van der Waals surface area contributed by atoms with Gasteiger partial charge in [0.05, 0.1) is 31.6 Å². The molecular weight excluding hydrogens is 303 g/mol. The summed E-state index contributed by atoms with van der Waals surface area (Å²) >= 11 is 0. The Bertz CT molecular complexity index is 401. The second-order valence-electron chi connectivity index (χ2n) is 5.36. The molecule has 1 aliphatic carbocycles. The molecule has 4 aliphatic rings. The predicted octanol–water partition coefficient (Wildman–Crippen LogP) is 0.0705. The molecule has 21 heavy (non-hydrogen) atoms. The van der Waals surface area contributed by atoms with Crippen molar-refractivity contribution in [2.45, 2.75) is 50.8 Å². The van der Waals surface area contributed by atoms with E-state index in [-0.39, 0.29) is 19.4 Å². The normalized spacial score (nSPS) is 45.2. The Morgan fingerprint density at radius 3 is 1.90 bits per heavy atom. The van der Waals surface area contributed by atoms with Gasteiger partial charge in [-0.1, -0.05) is 0 Å². The fourth-order valence-corrected chi connectivity index (χ4v) is 5.28. The van der Waals surface area contributed by atoms with Gasteiger partial charge in [0.1, 0.15) is 18.3 Å². The van der Waals surface area contributed by atoms with Crippen LogP contribution in [0.5, 0.6) is 0 Å². The van der Waals surface area contributed by atoms with Gasteiger partial charge in [-0.15, -0.1) is 0 Å². The smallest absolute Gasteiger partial charge is 0.331 e. The van der Waals surface area contributed by atoms with E-state index >= 15 is 0 Å². The Labute approximate surface area is 122 Å². The number of aliphatic hydroxyl groups excluding tert-OH is 2. The molecule has 9 heteroatoms. The second kappa shape index (κ2) is 5.86. The van der Waals surface area contributed by atoms with Crippen LogP contribution in [0.4, 0.5) is 0 Å². The van der Waals surface area contributed by atoms with Crippen LogP contribution in [0, 0.1) is 5.92 Å². The molecule has 3 saturated heterocycles. The van der Waals surface area contributed by atoms with Crippen LogP contribution in [0.1, 0.15) is 13.8 Å². The third-order valence-corrected chi connectivity index (χ3v) is 6.25. The molecule has 4 fully saturated rings. The number of hydrogen-bond acceptors (Lipinski definition) is 8. The van der Waals surface area contributed by atoms with Crippen LogP contribution in [0.3, 0.4) is 0 Å². The zero-order chi connectivity index (χ0) is 15.2. The summed E-state index contributed by atoms with van der Waals surface area (Å²) < 4.78 is 39.4. The maximum Gasteiger partial charge on any atom is 0.331 e. The Morgan fingerprint density at radius 1 is 0.952 bits per heavy atom. The van der Waals surface area contributed by atoms with Crippen LogP contribution >= 0.6 is 7.60 Å². The molecule has 0 aromatic carbocycles. The third kappa shape index (κ3) is 2.68. The molecule has 4 bridgehead atoms. The lowest BCUT2D eigenvalue weighted by molar-refractivity contribution is -0.475. The summed E-state index contributed by atoms with van der Waals surface area (Å²) in [5, 5.41) is 20.4. The largest absolute Gasteiger partial charge is 0.388 e. The summed E-state index contributed by atoms with van der Waals surface area (Å²) in [6.07, 6.45) is -3.90. The van der Waals surface area contributed by atoms with Gasteiger partial charge in [0.2, 0.25) is 0 Å². The topological polar surface area (TPSA) is 104 Å². The van der Waals surface area contributed by atoms with Crippen LogP contribution < -0.4 is 0 Å². The van der Waals surface area contributed by atoms with Gasteiger partial charge in [-0.3, -0.25) is 4.57 Å². The van der Waals surface area contributed by atoms with Gasteiger partial charge < -0.3 is 33.5 Å². The highest BCUT2D eigenvalue weighted by Crippen LogP contribution is 2.54. The van der Waals surface area contributed by atoms with Crippen molar-refractivity contribution in [3.05, 3.63) is 0 Å². The fraction of sp³-hybridized carbons (Fsp3) is 1.00. The molecule has 8 nitrogen and oxygen atoms in total. The van der Waals surface area contributed by atoms with Crippen molar-refractivity contribution in [2.24, 2.45) is 5.92 Å². The van der Waals surface area contributed by atoms with E-state index in [0.717, 1.165) is 0 Å². The van der Waals surface area contributed by atoms with Gasteiger partial charge in [0.15, 0.2) is 0 Å². The predicted molar refractivity (Wildman–Crippen MR) is 69.6 cm³/mol. The fourth-order valence-electron chi connectivity index (χ4n) is 3.28. The summed E-state index contributed by atoms with van der Waals surface area (Å²) in [5.74, 6) is -0.477. The van der Waals surface area contributed by atoms with Crippen LogP contribution in [-0.4, -0.2) is 66.6 Å². The molecule has 0 aromatic heterocycles. The lowest BCUT2D eigenvalue weighted by atomic mass is 9.77. The SMILES string of the molecule is CCOP(=O)(CC1[C@H]2OC3OC([C@@H]2O)[C@H](O)[C@H]1O3)OCC. The average Bonchev–Trinajstić information content (AvgIpc) is 2.43. The minimum absolute atomic E-state index is 0.0254. The maximum absolute atomic E-state index is 12.7. The molecule has 0 radical (unpaired) electrons. The molecule has 122 valence electrons. The van der Waals surface area contributed by atoms with Crippen molar-refractivity contribution >= 4 is 7.60 Å². The van der Waals surface area contributed by atoms with E-state index < -0.39 is 50.5 Å². The molecule has 3 unspecified atom stereocenters. The van der Waals surface area contributed by atoms with Crippen molar-refractivity contribution in [3.8, 4) is 0 Å². The first-order chi connectivity index (χ1) is 9.99. The van der Waals surface area contributed by atoms with Crippen LogP contribution in [0.15, 0.2) is 0 Å². The summed E-state index contributed by atoms with van der Waals surface area (Å²) in [4.78, 5) is 0. The summed E-state index contributed by atoms with van der Waals surface area (Å²) in [6.45, 7) is 3.08. The van der Waals surface area contributed by atoms with E-state index in [2.05, 4.69) is 0 Å². The van der Waals surface area contributed by atoms with Crippen molar-refractivity contribution < 1.29 is 38.0 Å². The van der Waals surface area contributed by atoms with Crippen molar-refractivity contribution in [1.82, 2.24) is 0 Å². The molecule has 0 amide bonds. The number of rotatable bonds is 6. The van der Waals surface area contributed by atoms with E-state index in [4.69, 9.17) is 23.3 Å². The monoisotopic (exact) mass is 324 g/mol. The Morgan fingerprint density at radius 2 is 1.43 bits per heavy atom. The second-order valence-corrected chi connectivity index (χ2v) is 7.47. The Balaban J connectivity index is 1.80. The highest BCUT2D eigenvalue weighted by atomic mass is 31.2. The average molecular weight is 324 g/mol. The highest BCUT2D eigenvalue weighted by Gasteiger charge is 2.62. The molecule has 0 aromatic rings. The first-order valence-corrected chi connectivity index (χ1v) is 8.92. The van der Waals surface area contributed by atoms with Gasteiger partial charge in [0, 0.05) is 5.92 Å². The number of ether oxygens (including phenoxy) is 3. The van der Waals surface area contributed by atoms with Crippen LogP contribution in [-0.2, 0) is 27.8 Å². The lowest BCUT2D eigenvalue weighted by Crippen LogP contribution is -2.73. The summed E-state index contributed by atoms with van der Waals surface area (Å²) in [6, 6.07) is 0. The standard InChI is InChI=1S/C12H21O8P/c1-3-16-21(15,17-4-2)5-6-9-7(13)11-8(14)10(6)19-12(18-9)20-11/h6-14H,3-5H2,1-2H3/t6?,7-,8-,9-,10+,11?,12?/m1/s1. The molecule has 0 spiro atoms. The van der Waals surface area contributed by atoms with E-state index in [1.165, 1.54) is 0 Å². The van der Waals surface area contributed by atoms with E-state index in [0.29, 0.717) is 0 Å². The first kappa shape index (κ1) is 15.8. The molecule has 2 N–H and O–H groups in total. The van der Waals surface area contributed by atoms with E-state index in [1.807, 2.05) is 0 Å². The van der Waals surface area contributed by atoms with Gasteiger partial charge in [-0.05, 0) is 13.8 Å². The van der Waals surface area contributed by atoms with Crippen molar-refractivity contribution in [1.29, 1.82) is 0 Å². The molecule has 3 heterocycles. The van der Waals surface area contributed by atoms with Crippen LogP contribution in [0.2, 0.25) is 0 Å². The molecule has 3 aliphatic heterocycles. The van der Waals surface area contributed by atoms with Crippen LogP contribution in [0.25, 0.3) is 0 Å². The minimum Gasteiger partial charge on any atom is -0.388 e. The highest BCUT2D eigenvalue weighted by molar-refractivity contribution is 7.53. The summed E-state index contributed by atoms with van der Waals surface area (Å²) in [7, 11) is -3.32. The Hall–Kier alpha value is -0.0500. The third-order valence-electron chi connectivity index (χ3n) is 4.08. The van der Waals surface area contributed by atoms with Crippen molar-refractivity contribution in [2.75, 3.05) is 19.4 Å². The maximum atomic E-state index is 12.7. The minimum atomic E-state index is -3.32. The zero-order valence-electron chi connectivity index (χ0n) is 12.0. The molecule has 4 rings (SSSR count). The summed E-state index contributed by atoms with van der Waals surface area (Å²) in [5.41, 5.74) is 0. The Kier molecular flexibility index (Phi) is 4.42. The van der Waals surface area contributed by atoms with E-state index in [1.54, 1.807) is 13.8 Å². The van der Waals surface area contributed by atoms with Gasteiger partial charge >= 0.3 is 7.60 Å². The van der Waals surface area contributed by atoms with Gasteiger partial charge in [-0.25, -0.2) is 0 Å². The zero-order valence-corrected chi connectivity index (χ0v) is 12.8. The molecule has 7 atom stereocenters. The number of hydrogen-bond donors (Lipinski definition) is 2. The quantitative estimate of drug-likeness (QED) is 0.662. The molecular formula is C12H21O8P. The lowest BCUT2D eigenvalue weighted by Gasteiger charge is -2.57. The molecule has 1 saturated carbocycles. The first-order valence-electron chi connectivity index (χ1n) is 7.19. The van der Waals surface area contributed by atoms with Crippen molar-refractivity contribution in [3.63, 3.8) is 0 Å².